The molecule has 1 amide bonds. The largest absolute Gasteiger partial charge is 0.347 e. The fraction of sp³-hybridized carbons (Fsp3) is 0.571. The van der Waals surface area contributed by atoms with E-state index in [4.69, 9.17) is 0 Å². The Morgan fingerprint density at radius 3 is 2.95 bits per heavy atom. The third-order valence-electron chi connectivity index (χ3n) is 3.25. The lowest BCUT2D eigenvalue weighted by atomic mass is 10.1. The fourth-order valence-corrected chi connectivity index (χ4v) is 2.06. The van der Waals surface area contributed by atoms with Crippen LogP contribution >= 0.6 is 0 Å². The highest BCUT2D eigenvalue weighted by atomic mass is 16.2. The Morgan fingerprint density at radius 2 is 2.25 bits per heavy atom. The van der Waals surface area contributed by atoms with E-state index in [1.807, 2.05) is 19.9 Å². The molecule has 0 aliphatic rings. The van der Waals surface area contributed by atoms with Gasteiger partial charge in [0.2, 0.25) is 5.82 Å². The van der Waals surface area contributed by atoms with Gasteiger partial charge in [-0.1, -0.05) is 26.2 Å². The molecule has 0 bridgehead atoms. The minimum Gasteiger partial charge on any atom is -0.347 e. The first kappa shape index (κ1) is 14.4. The van der Waals surface area contributed by atoms with Crippen molar-refractivity contribution < 1.29 is 4.79 Å². The highest BCUT2D eigenvalue weighted by molar-refractivity contribution is 5.90. The molecular formula is C14H21N5O. The van der Waals surface area contributed by atoms with Crippen molar-refractivity contribution in [2.24, 2.45) is 0 Å². The average molecular weight is 275 g/mol. The molecule has 0 radical (unpaired) electrons. The summed E-state index contributed by atoms with van der Waals surface area (Å²) in [5.41, 5.74) is 0.901. The quantitative estimate of drug-likeness (QED) is 0.820. The number of aromatic nitrogens is 4. The van der Waals surface area contributed by atoms with Crippen molar-refractivity contribution in [3.05, 3.63) is 23.8 Å². The van der Waals surface area contributed by atoms with E-state index in [1.165, 1.54) is 12.8 Å². The molecule has 108 valence electrons. The Morgan fingerprint density at radius 1 is 1.45 bits per heavy atom. The van der Waals surface area contributed by atoms with Crippen molar-refractivity contribution in [2.75, 3.05) is 0 Å². The molecule has 0 spiro atoms. The van der Waals surface area contributed by atoms with E-state index in [9.17, 15) is 4.79 Å². The number of aryl methyl sites for hydroxylation is 1. The predicted octanol–water partition coefficient (Wildman–Crippen LogP) is 2.13. The van der Waals surface area contributed by atoms with Crippen LogP contribution in [0.1, 0.15) is 55.8 Å². The minimum absolute atomic E-state index is 0.134. The number of nitrogens with zero attached hydrogens (tertiary/aromatic N) is 4. The highest BCUT2D eigenvalue weighted by Gasteiger charge is 2.16. The number of fused-ring (bicyclic) bond motifs is 1. The molecule has 2 heterocycles. The predicted molar refractivity (Wildman–Crippen MR) is 76.6 cm³/mol. The van der Waals surface area contributed by atoms with Crippen LogP contribution in [-0.4, -0.2) is 31.5 Å². The third kappa shape index (κ3) is 3.31. The van der Waals surface area contributed by atoms with Gasteiger partial charge >= 0.3 is 0 Å². The van der Waals surface area contributed by atoms with Crippen molar-refractivity contribution in [1.82, 2.24) is 24.9 Å². The van der Waals surface area contributed by atoms with Gasteiger partial charge in [0, 0.05) is 17.9 Å². The second-order valence-corrected chi connectivity index (χ2v) is 5.10. The van der Waals surface area contributed by atoms with Gasteiger partial charge < -0.3 is 5.32 Å². The number of carbonyl (C=O) groups excluding carboxylic acids is 1. The maximum Gasteiger partial charge on any atom is 0.291 e. The van der Waals surface area contributed by atoms with E-state index in [2.05, 4.69) is 27.3 Å². The van der Waals surface area contributed by atoms with Gasteiger partial charge in [0.15, 0.2) is 0 Å². The number of amides is 1. The fourth-order valence-electron chi connectivity index (χ4n) is 2.06. The zero-order valence-electron chi connectivity index (χ0n) is 12.3. The zero-order chi connectivity index (χ0) is 14.5. The van der Waals surface area contributed by atoms with Gasteiger partial charge in [0.25, 0.3) is 11.7 Å². The average Bonchev–Trinajstić information content (AvgIpc) is 2.84. The van der Waals surface area contributed by atoms with E-state index in [0.29, 0.717) is 5.78 Å². The van der Waals surface area contributed by atoms with E-state index in [1.54, 1.807) is 10.7 Å². The Bertz CT molecular complexity index is 592. The van der Waals surface area contributed by atoms with Gasteiger partial charge in [-0.25, -0.2) is 9.50 Å². The van der Waals surface area contributed by atoms with Crippen molar-refractivity contribution in [3.63, 3.8) is 0 Å². The monoisotopic (exact) mass is 275 g/mol. The van der Waals surface area contributed by atoms with Gasteiger partial charge in [0.05, 0.1) is 0 Å². The lowest BCUT2D eigenvalue weighted by molar-refractivity contribution is 0.0927. The van der Waals surface area contributed by atoms with E-state index in [-0.39, 0.29) is 17.8 Å². The van der Waals surface area contributed by atoms with Gasteiger partial charge in [-0.15, -0.1) is 5.10 Å². The molecule has 0 saturated heterocycles. The number of hydrogen-bond donors (Lipinski definition) is 1. The Labute approximate surface area is 118 Å². The molecule has 1 atom stereocenters. The maximum atomic E-state index is 12.1. The van der Waals surface area contributed by atoms with Crippen LogP contribution in [0.5, 0.6) is 0 Å². The summed E-state index contributed by atoms with van der Waals surface area (Å²) in [5, 5.41) is 7.12. The van der Waals surface area contributed by atoms with Gasteiger partial charge in [0.1, 0.15) is 0 Å². The Hall–Kier alpha value is -1.98. The van der Waals surface area contributed by atoms with Gasteiger partial charge in [-0.2, -0.15) is 4.98 Å². The molecular weight excluding hydrogens is 254 g/mol. The topological polar surface area (TPSA) is 72.2 Å². The van der Waals surface area contributed by atoms with Crippen LogP contribution in [-0.2, 0) is 0 Å². The summed E-state index contributed by atoms with van der Waals surface area (Å²) in [5.74, 6) is 0.391. The van der Waals surface area contributed by atoms with Crippen molar-refractivity contribution in [2.45, 2.75) is 52.5 Å². The molecule has 2 aromatic heterocycles. The van der Waals surface area contributed by atoms with Gasteiger partial charge in [-0.05, 0) is 26.3 Å². The molecule has 0 aliphatic carbocycles. The minimum atomic E-state index is -0.237. The SMILES string of the molecule is CCCCCC(C)NC(=O)c1nc2nccc(C)n2n1. The molecule has 0 aliphatic heterocycles. The molecule has 2 aromatic rings. The summed E-state index contributed by atoms with van der Waals surface area (Å²) in [7, 11) is 0. The summed E-state index contributed by atoms with van der Waals surface area (Å²) in [6, 6.07) is 1.96. The summed E-state index contributed by atoms with van der Waals surface area (Å²) in [6.45, 7) is 6.07. The van der Waals surface area contributed by atoms with E-state index < -0.39 is 0 Å². The van der Waals surface area contributed by atoms with Crippen molar-refractivity contribution in [1.29, 1.82) is 0 Å². The highest BCUT2D eigenvalue weighted by Crippen LogP contribution is 2.05. The van der Waals surface area contributed by atoms with E-state index >= 15 is 0 Å². The Kier molecular flexibility index (Phi) is 4.65. The van der Waals surface area contributed by atoms with Crippen LogP contribution in [0.2, 0.25) is 0 Å². The first-order valence-electron chi connectivity index (χ1n) is 7.11. The summed E-state index contributed by atoms with van der Waals surface area (Å²) in [6.07, 6.45) is 6.13. The second kappa shape index (κ2) is 6.45. The van der Waals surface area contributed by atoms with Crippen LogP contribution in [0, 0.1) is 6.92 Å². The number of rotatable bonds is 6. The molecule has 0 saturated carbocycles. The van der Waals surface area contributed by atoms with Crippen LogP contribution in [0.15, 0.2) is 12.3 Å². The van der Waals surface area contributed by atoms with Crippen LogP contribution < -0.4 is 5.32 Å². The molecule has 0 fully saturated rings. The normalized spacial score (nSPS) is 12.6. The second-order valence-electron chi connectivity index (χ2n) is 5.10. The summed E-state index contributed by atoms with van der Waals surface area (Å²) in [4.78, 5) is 20.3. The number of carbonyl (C=O) groups is 1. The maximum absolute atomic E-state index is 12.1. The third-order valence-corrected chi connectivity index (χ3v) is 3.25. The molecule has 6 heteroatoms. The molecule has 1 unspecified atom stereocenters. The smallest absolute Gasteiger partial charge is 0.291 e. The molecule has 0 aromatic carbocycles. The summed E-state index contributed by atoms with van der Waals surface area (Å²) < 4.78 is 1.58. The summed E-state index contributed by atoms with van der Waals surface area (Å²) >= 11 is 0. The Balaban J connectivity index is 2.02. The molecule has 2 rings (SSSR count). The van der Waals surface area contributed by atoms with Crippen molar-refractivity contribution >= 4 is 11.7 Å². The molecule has 20 heavy (non-hydrogen) atoms. The molecule has 6 nitrogen and oxygen atoms in total. The van der Waals surface area contributed by atoms with E-state index in [0.717, 1.165) is 18.5 Å². The van der Waals surface area contributed by atoms with Crippen LogP contribution in [0.3, 0.4) is 0 Å². The number of hydrogen-bond acceptors (Lipinski definition) is 4. The lowest BCUT2D eigenvalue weighted by Gasteiger charge is -2.11. The van der Waals surface area contributed by atoms with Gasteiger partial charge in [-0.3, -0.25) is 4.79 Å². The first-order valence-corrected chi connectivity index (χ1v) is 7.11. The first-order chi connectivity index (χ1) is 9.61. The van der Waals surface area contributed by atoms with Crippen LogP contribution in [0.4, 0.5) is 0 Å². The van der Waals surface area contributed by atoms with Crippen molar-refractivity contribution in [3.8, 4) is 0 Å². The number of unbranched alkanes of at least 4 members (excludes halogenated alkanes) is 2. The van der Waals surface area contributed by atoms with Crippen LogP contribution in [0.25, 0.3) is 5.78 Å². The molecule has 1 N–H and O–H groups in total. The number of nitrogens with one attached hydrogen (secondary N) is 1. The standard InChI is InChI=1S/C14H21N5O/c1-4-5-6-7-10(2)16-13(20)12-17-14-15-9-8-11(3)19(14)18-12/h8-10H,4-7H2,1-3H3,(H,16,20). The lowest BCUT2D eigenvalue weighted by Crippen LogP contribution is -2.33. The zero-order valence-corrected chi connectivity index (χ0v) is 12.3.